The van der Waals surface area contributed by atoms with Crippen molar-refractivity contribution in [2.24, 2.45) is 0 Å². The summed E-state index contributed by atoms with van der Waals surface area (Å²) in [6, 6.07) is 2.90. The molecule has 118 valence electrons. The predicted molar refractivity (Wildman–Crippen MR) is 85.5 cm³/mol. The van der Waals surface area contributed by atoms with Crippen LogP contribution in [0.25, 0.3) is 5.65 Å². The number of aromatic nitrogens is 2. The second-order valence-electron chi connectivity index (χ2n) is 5.53. The molecule has 2 aromatic rings. The topological polar surface area (TPSA) is 61.1 Å². The maximum atomic E-state index is 12.2. The van der Waals surface area contributed by atoms with E-state index in [4.69, 9.17) is 11.6 Å². The molecule has 3 rings (SSSR count). The van der Waals surface area contributed by atoms with Crippen LogP contribution in [0.4, 0.5) is 0 Å². The van der Waals surface area contributed by atoms with Crippen LogP contribution in [0.3, 0.4) is 0 Å². The summed E-state index contributed by atoms with van der Waals surface area (Å²) in [5.74, 6) is -0.0812. The van der Waals surface area contributed by atoms with E-state index in [0.717, 1.165) is 32.7 Å². The van der Waals surface area contributed by atoms with Crippen LogP contribution in [0, 0.1) is 0 Å². The summed E-state index contributed by atoms with van der Waals surface area (Å²) in [7, 11) is 0. The zero-order valence-corrected chi connectivity index (χ0v) is 13.3. The fourth-order valence-corrected chi connectivity index (χ4v) is 2.97. The second kappa shape index (κ2) is 6.24. The number of hydrogen-bond donors (Lipinski definition) is 1. The van der Waals surface area contributed by atoms with Gasteiger partial charge in [0, 0.05) is 51.1 Å². The molecule has 1 saturated heterocycles. The first-order chi connectivity index (χ1) is 10.6. The van der Waals surface area contributed by atoms with Crippen molar-refractivity contribution in [2.75, 3.05) is 32.7 Å². The third-order valence-corrected chi connectivity index (χ3v) is 4.27. The number of likely N-dealkylation sites (N-methyl/N-ethyl adjacent to an activating group) is 1. The molecule has 0 amide bonds. The highest BCUT2D eigenvalue weighted by molar-refractivity contribution is 6.30. The molecule has 0 saturated carbocycles. The third kappa shape index (κ3) is 3.09. The van der Waals surface area contributed by atoms with Gasteiger partial charge in [-0.1, -0.05) is 18.5 Å². The lowest BCUT2D eigenvalue weighted by molar-refractivity contribution is 0.131. The van der Waals surface area contributed by atoms with Crippen LogP contribution in [0.5, 0.6) is 5.75 Å². The standard InChI is InChI=1S/C15H19ClN4O2/c1-2-18-3-5-19(6-4-18)10-12-8-14(22)20-9-11(16)7-13(21)15(20)17-12/h7-9,21H,2-6,10H2,1H3. The van der Waals surface area contributed by atoms with E-state index in [2.05, 4.69) is 21.7 Å². The summed E-state index contributed by atoms with van der Waals surface area (Å²) in [6.45, 7) is 7.83. The van der Waals surface area contributed by atoms with E-state index in [1.807, 2.05) is 0 Å². The molecular formula is C15H19ClN4O2. The van der Waals surface area contributed by atoms with E-state index < -0.39 is 0 Å². The molecule has 0 radical (unpaired) electrons. The molecule has 1 aliphatic rings. The Balaban J connectivity index is 1.85. The van der Waals surface area contributed by atoms with Gasteiger partial charge in [-0.3, -0.25) is 14.1 Å². The fraction of sp³-hybridized carbons (Fsp3) is 0.467. The number of rotatable bonds is 3. The Labute approximate surface area is 133 Å². The Morgan fingerprint density at radius 2 is 1.91 bits per heavy atom. The van der Waals surface area contributed by atoms with Gasteiger partial charge < -0.3 is 10.0 Å². The van der Waals surface area contributed by atoms with Crippen molar-refractivity contribution in [3.63, 3.8) is 0 Å². The van der Waals surface area contributed by atoms with Gasteiger partial charge in [0.05, 0.1) is 10.7 Å². The van der Waals surface area contributed by atoms with Gasteiger partial charge in [0.1, 0.15) is 0 Å². The lowest BCUT2D eigenvalue weighted by atomic mass is 10.2. The van der Waals surface area contributed by atoms with Crippen LogP contribution in [0.1, 0.15) is 12.6 Å². The number of nitrogens with zero attached hydrogens (tertiary/aromatic N) is 4. The highest BCUT2D eigenvalue weighted by Crippen LogP contribution is 2.20. The van der Waals surface area contributed by atoms with Crippen LogP contribution in [-0.4, -0.2) is 57.0 Å². The Morgan fingerprint density at radius 3 is 2.59 bits per heavy atom. The van der Waals surface area contributed by atoms with E-state index >= 15 is 0 Å². The van der Waals surface area contributed by atoms with Crippen molar-refractivity contribution in [1.82, 2.24) is 19.2 Å². The molecule has 0 unspecified atom stereocenters. The lowest BCUT2D eigenvalue weighted by Gasteiger charge is -2.33. The number of piperazine rings is 1. The smallest absolute Gasteiger partial charge is 0.258 e. The first-order valence-corrected chi connectivity index (χ1v) is 7.80. The molecule has 1 N–H and O–H groups in total. The lowest BCUT2D eigenvalue weighted by Crippen LogP contribution is -2.45. The van der Waals surface area contributed by atoms with Gasteiger partial charge in [-0.05, 0) is 6.54 Å². The summed E-state index contributed by atoms with van der Waals surface area (Å²) in [5.41, 5.74) is 0.691. The Morgan fingerprint density at radius 1 is 1.23 bits per heavy atom. The zero-order valence-electron chi connectivity index (χ0n) is 12.5. The summed E-state index contributed by atoms with van der Waals surface area (Å²) >= 11 is 5.86. The average molecular weight is 323 g/mol. The molecule has 0 aliphatic carbocycles. The summed E-state index contributed by atoms with van der Waals surface area (Å²) in [5, 5.41) is 10.2. The van der Waals surface area contributed by atoms with Crippen molar-refractivity contribution in [2.45, 2.75) is 13.5 Å². The molecule has 6 nitrogen and oxygen atoms in total. The monoisotopic (exact) mass is 322 g/mol. The van der Waals surface area contributed by atoms with E-state index in [1.165, 1.54) is 22.7 Å². The van der Waals surface area contributed by atoms with Gasteiger partial charge in [-0.15, -0.1) is 0 Å². The highest BCUT2D eigenvalue weighted by atomic mass is 35.5. The van der Waals surface area contributed by atoms with Crippen molar-refractivity contribution >= 4 is 17.2 Å². The van der Waals surface area contributed by atoms with Gasteiger partial charge in [0.25, 0.3) is 5.56 Å². The van der Waals surface area contributed by atoms with Gasteiger partial charge in [-0.2, -0.15) is 0 Å². The zero-order chi connectivity index (χ0) is 15.7. The normalized spacial score (nSPS) is 17.2. The van der Waals surface area contributed by atoms with Crippen LogP contribution >= 0.6 is 11.6 Å². The summed E-state index contributed by atoms with van der Waals surface area (Å²) in [4.78, 5) is 21.3. The molecule has 7 heteroatoms. The number of fused-ring (bicyclic) bond motifs is 1. The minimum Gasteiger partial charge on any atom is -0.504 e. The molecule has 0 aromatic carbocycles. The van der Waals surface area contributed by atoms with E-state index in [-0.39, 0.29) is 17.0 Å². The van der Waals surface area contributed by atoms with Crippen molar-refractivity contribution in [1.29, 1.82) is 0 Å². The summed E-state index contributed by atoms with van der Waals surface area (Å²) in [6.07, 6.45) is 1.47. The van der Waals surface area contributed by atoms with Crippen LogP contribution in [0.15, 0.2) is 23.1 Å². The van der Waals surface area contributed by atoms with Crippen molar-refractivity contribution in [3.8, 4) is 5.75 Å². The quantitative estimate of drug-likeness (QED) is 0.920. The molecule has 0 spiro atoms. The first kappa shape index (κ1) is 15.3. The first-order valence-electron chi connectivity index (χ1n) is 7.42. The van der Waals surface area contributed by atoms with Crippen LogP contribution in [-0.2, 0) is 6.54 Å². The maximum absolute atomic E-state index is 12.2. The largest absolute Gasteiger partial charge is 0.504 e. The molecule has 3 heterocycles. The predicted octanol–water partition coefficient (Wildman–Crippen LogP) is 1.19. The Kier molecular flexibility index (Phi) is 4.33. The van der Waals surface area contributed by atoms with Gasteiger partial charge >= 0.3 is 0 Å². The van der Waals surface area contributed by atoms with Crippen LogP contribution in [0.2, 0.25) is 5.02 Å². The maximum Gasteiger partial charge on any atom is 0.258 e. The minimum atomic E-state index is -0.231. The molecule has 0 bridgehead atoms. The molecule has 2 aromatic heterocycles. The fourth-order valence-electron chi connectivity index (χ4n) is 2.77. The van der Waals surface area contributed by atoms with Crippen LogP contribution < -0.4 is 5.56 Å². The number of halogens is 1. The SMILES string of the molecule is CCN1CCN(Cc2cc(=O)n3cc(Cl)cc(O)c3n2)CC1. The van der Waals surface area contributed by atoms with Gasteiger partial charge in [0.15, 0.2) is 11.4 Å². The Hall–Kier alpha value is -1.63. The van der Waals surface area contributed by atoms with Gasteiger partial charge in [-0.25, -0.2) is 4.98 Å². The molecule has 0 atom stereocenters. The molecule has 1 fully saturated rings. The third-order valence-electron chi connectivity index (χ3n) is 4.06. The van der Waals surface area contributed by atoms with E-state index in [1.54, 1.807) is 0 Å². The van der Waals surface area contributed by atoms with E-state index in [9.17, 15) is 9.90 Å². The van der Waals surface area contributed by atoms with Crippen molar-refractivity contribution in [3.05, 3.63) is 39.4 Å². The number of pyridine rings is 1. The number of hydrogen-bond acceptors (Lipinski definition) is 5. The number of aromatic hydroxyl groups is 1. The highest BCUT2D eigenvalue weighted by Gasteiger charge is 2.17. The van der Waals surface area contributed by atoms with Crippen molar-refractivity contribution < 1.29 is 5.11 Å². The average Bonchev–Trinajstić information content (AvgIpc) is 2.49. The Bertz CT molecular complexity index is 738. The summed E-state index contributed by atoms with van der Waals surface area (Å²) < 4.78 is 1.27. The van der Waals surface area contributed by atoms with E-state index in [0.29, 0.717) is 17.3 Å². The van der Waals surface area contributed by atoms with Gasteiger partial charge in [0.2, 0.25) is 0 Å². The molecular weight excluding hydrogens is 304 g/mol. The minimum absolute atomic E-state index is 0.0812. The molecule has 22 heavy (non-hydrogen) atoms. The molecule has 1 aliphatic heterocycles. The second-order valence-corrected chi connectivity index (χ2v) is 5.97.